The molecule has 0 spiro atoms. The molecule has 0 aromatic heterocycles. The summed E-state index contributed by atoms with van der Waals surface area (Å²) in [6.07, 6.45) is 22.0. The van der Waals surface area contributed by atoms with E-state index in [1.54, 1.807) is 11.1 Å². The highest BCUT2D eigenvalue weighted by atomic mass is 16.5. The maximum atomic E-state index is 6.79. The lowest BCUT2D eigenvalue weighted by molar-refractivity contribution is 0.398. The lowest BCUT2D eigenvalue weighted by Gasteiger charge is -2.34. The quantitative estimate of drug-likeness (QED) is 0.0769. The lowest BCUT2D eigenvalue weighted by atomic mass is 9.70. The minimum atomic E-state index is 0.0590. The molecule has 288 valence electrons. The van der Waals surface area contributed by atoms with Gasteiger partial charge in [0.2, 0.25) is 0 Å². The minimum Gasteiger partial charge on any atom is -0.453 e. The van der Waals surface area contributed by atoms with Crippen LogP contribution in [0.4, 0.5) is 17.1 Å². The molecule has 0 N–H and O–H groups in total. The van der Waals surface area contributed by atoms with E-state index in [1.165, 1.54) is 147 Å². The van der Waals surface area contributed by atoms with Gasteiger partial charge in [-0.3, -0.25) is 0 Å². The van der Waals surface area contributed by atoms with Crippen LogP contribution in [0, 0.1) is 13.8 Å². The third-order valence-corrected chi connectivity index (χ3v) is 12.6. The third kappa shape index (κ3) is 8.45. The minimum absolute atomic E-state index is 0.0590. The van der Waals surface area contributed by atoms with E-state index in [9.17, 15) is 0 Å². The lowest BCUT2D eigenvalue weighted by Crippen LogP contribution is -2.25. The number of anilines is 3. The predicted octanol–water partition coefficient (Wildman–Crippen LogP) is 16.7. The van der Waals surface area contributed by atoms with Crippen molar-refractivity contribution in [3.63, 3.8) is 0 Å². The molecule has 1 heterocycles. The summed E-state index contributed by atoms with van der Waals surface area (Å²) in [5.41, 5.74) is 15.9. The van der Waals surface area contributed by atoms with Crippen molar-refractivity contribution in [1.29, 1.82) is 0 Å². The van der Waals surface area contributed by atoms with Crippen LogP contribution in [-0.2, 0) is 11.8 Å². The van der Waals surface area contributed by atoms with E-state index in [4.69, 9.17) is 4.74 Å². The summed E-state index contributed by atoms with van der Waals surface area (Å²) in [6, 6.07) is 37.3. The zero-order valence-electron chi connectivity index (χ0n) is 34.6. The normalized spacial score (nSPS) is 13.6. The van der Waals surface area contributed by atoms with Crippen LogP contribution in [0.5, 0.6) is 11.5 Å². The fraction of sp³-hybridized carbons (Fsp3) is 0.434. The van der Waals surface area contributed by atoms with Gasteiger partial charge >= 0.3 is 0 Å². The molecule has 5 aromatic rings. The number of hydrogen-bond acceptors (Lipinski definition) is 2. The molecule has 1 aliphatic carbocycles. The number of aryl methyl sites for hydroxylation is 3. The van der Waals surface area contributed by atoms with E-state index >= 15 is 0 Å². The second-order valence-corrected chi connectivity index (χ2v) is 16.8. The summed E-state index contributed by atoms with van der Waals surface area (Å²) in [4.78, 5) is 2.38. The molecule has 0 atom stereocenters. The van der Waals surface area contributed by atoms with Crippen molar-refractivity contribution in [3.8, 4) is 33.8 Å². The Hall–Kier alpha value is -4.30. The average molecular weight is 732 g/mol. The topological polar surface area (TPSA) is 12.5 Å². The standard InChI is InChI=1S/C53H65NO/c1-6-9-12-14-16-18-33-53(34-19-17-15-13-10-7-2)47-35-39(4)21-29-45(47)46-30-25-42(37-48(46)53)43-26-32-50-52(38-43)55-51-36-40(5)22-31-49(51)54(50)44-27-23-41(24-28-44)20-11-8-3/h21-32,35-38H,6-20,33-34H2,1-5H3. The molecule has 2 heteroatoms. The highest BCUT2D eigenvalue weighted by molar-refractivity contribution is 5.89. The molecular weight excluding hydrogens is 667 g/mol. The van der Waals surface area contributed by atoms with E-state index in [2.05, 4.69) is 137 Å². The zero-order chi connectivity index (χ0) is 38.2. The van der Waals surface area contributed by atoms with Crippen LogP contribution in [-0.4, -0.2) is 0 Å². The van der Waals surface area contributed by atoms with Crippen LogP contribution in [0.3, 0.4) is 0 Å². The number of hydrogen-bond donors (Lipinski definition) is 0. The van der Waals surface area contributed by atoms with Crippen LogP contribution >= 0.6 is 0 Å². The molecule has 0 unspecified atom stereocenters. The number of fused-ring (bicyclic) bond motifs is 5. The van der Waals surface area contributed by atoms with Gasteiger partial charge in [0.25, 0.3) is 0 Å². The Bertz CT molecular complexity index is 2020. The fourth-order valence-electron chi connectivity index (χ4n) is 9.43. The Balaban J connectivity index is 1.26. The zero-order valence-corrected chi connectivity index (χ0v) is 34.6. The largest absolute Gasteiger partial charge is 0.453 e. The summed E-state index contributed by atoms with van der Waals surface area (Å²) in [5, 5.41) is 0. The van der Waals surface area contributed by atoms with Gasteiger partial charge in [0.05, 0.1) is 11.4 Å². The highest BCUT2D eigenvalue weighted by Crippen LogP contribution is 2.56. The summed E-state index contributed by atoms with van der Waals surface area (Å²) in [5.74, 6) is 1.83. The molecule has 0 saturated heterocycles. The molecule has 0 amide bonds. The van der Waals surface area contributed by atoms with Gasteiger partial charge in [0.15, 0.2) is 11.5 Å². The summed E-state index contributed by atoms with van der Waals surface area (Å²) >= 11 is 0. The smallest absolute Gasteiger partial charge is 0.152 e. The van der Waals surface area contributed by atoms with Crippen molar-refractivity contribution in [2.45, 2.75) is 149 Å². The van der Waals surface area contributed by atoms with Gasteiger partial charge in [0, 0.05) is 11.1 Å². The first-order valence-electron chi connectivity index (χ1n) is 22.0. The molecule has 2 nitrogen and oxygen atoms in total. The number of nitrogens with zero attached hydrogens (tertiary/aromatic N) is 1. The molecule has 0 fully saturated rings. The van der Waals surface area contributed by atoms with E-state index < -0.39 is 0 Å². The van der Waals surface area contributed by atoms with Crippen LogP contribution in [0.2, 0.25) is 0 Å². The van der Waals surface area contributed by atoms with Crippen molar-refractivity contribution in [2.75, 3.05) is 4.90 Å². The van der Waals surface area contributed by atoms with Gasteiger partial charge in [-0.25, -0.2) is 0 Å². The van der Waals surface area contributed by atoms with Crippen molar-refractivity contribution in [1.82, 2.24) is 0 Å². The number of benzene rings is 5. The Kier molecular flexibility index (Phi) is 12.8. The molecule has 2 aliphatic rings. The Morgan fingerprint density at radius 3 is 1.65 bits per heavy atom. The van der Waals surface area contributed by atoms with Crippen molar-refractivity contribution < 1.29 is 4.74 Å². The van der Waals surface area contributed by atoms with Gasteiger partial charge in [-0.2, -0.15) is 0 Å². The Labute approximate surface area is 333 Å². The monoisotopic (exact) mass is 732 g/mol. The number of rotatable bonds is 19. The summed E-state index contributed by atoms with van der Waals surface area (Å²) in [6.45, 7) is 11.3. The van der Waals surface area contributed by atoms with E-state index in [0.29, 0.717) is 0 Å². The second kappa shape index (κ2) is 18.1. The van der Waals surface area contributed by atoms with Gasteiger partial charge < -0.3 is 9.64 Å². The average Bonchev–Trinajstić information content (AvgIpc) is 3.46. The first-order chi connectivity index (χ1) is 27.0. The predicted molar refractivity (Wildman–Crippen MR) is 237 cm³/mol. The highest BCUT2D eigenvalue weighted by Gasteiger charge is 2.42. The molecule has 1 aliphatic heterocycles. The molecule has 0 bridgehead atoms. The van der Waals surface area contributed by atoms with Crippen LogP contribution < -0.4 is 9.64 Å². The van der Waals surface area contributed by atoms with Crippen LogP contribution in [0.25, 0.3) is 22.3 Å². The molecule has 0 radical (unpaired) electrons. The third-order valence-electron chi connectivity index (χ3n) is 12.6. The van der Waals surface area contributed by atoms with Gasteiger partial charge in [0.1, 0.15) is 0 Å². The Morgan fingerprint density at radius 1 is 0.473 bits per heavy atom. The first-order valence-corrected chi connectivity index (χ1v) is 22.0. The molecule has 55 heavy (non-hydrogen) atoms. The molecule has 5 aromatic carbocycles. The van der Waals surface area contributed by atoms with Crippen LogP contribution in [0.15, 0.2) is 97.1 Å². The van der Waals surface area contributed by atoms with Crippen LogP contribution in [0.1, 0.15) is 151 Å². The van der Waals surface area contributed by atoms with E-state index in [0.717, 1.165) is 29.3 Å². The molecular formula is C53H65NO. The summed E-state index contributed by atoms with van der Waals surface area (Å²) < 4.78 is 6.79. The van der Waals surface area contributed by atoms with Crippen molar-refractivity contribution in [2.24, 2.45) is 0 Å². The van der Waals surface area contributed by atoms with Gasteiger partial charge in [-0.05, 0) is 127 Å². The van der Waals surface area contributed by atoms with Gasteiger partial charge in [-0.1, -0.05) is 164 Å². The SMILES string of the molecule is CCCCCCCCC1(CCCCCCCC)c2cc(C)ccc2-c2ccc(-c3ccc4c(c3)Oc3cc(C)ccc3N4c3ccc(CCCC)cc3)cc21. The van der Waals surface area contributed by atoms with Crippen molar-refractivity contribution in [3.05, 3.63) is 125 Å². The first kappa shape index (κ1) is 39.0. The maximum Gasteiger partial charge on any atom is 0.152 e. The summed E-state index contributed by atoms with van der Waals surface area (Å²) in [7, 11) is 0. The van der Waals surface area contributed by atoms with E-state index in [-0.39, 0.29) is 5.41 Å². The Morgan fingerprint density at radius 2 is 0.982 bits per heavy atom. The second-order valence-electron chi connectivity index (χ2n) is 16.8. The molecule has 0 saturated carbocycles. The van der Waals surface area contributed by atoms with Crippen molar-refractivity contribution >= 4 is 17.1 Å². The van der Waals surface area contributed by atoms with E-state index in [1.807, 2.05) is 0 Å². The number of unbranched alkanes of at least 4 members (excludes halogenated alkanes) is 11. The number of ether oxygens (including phenoxy) is 1. The fourth-order valence-corrected chi connectivity index (χ4v) is 9.43. The molecule has 7 rings (SSSR count). The maximum absolute atomic E-state index is 6.79. The van der Waals surface area contributed by atoms with Gasteiger partial charge in [-0.15, -0.1) is 0 Å².